The van der Waals surface area contributed by atoms with Crippen LogP contribution in [-0.2, 0) is 0 Å². The van der Waals surface area contributed by atoms with Crippen LogP contribution in [0.4, 0.5) is 0 Å². The SMILES string of the molecule is C=C1CC[C@H]2C(C)(C)CCC[C@]2(C)[C@H]1C[C@H](O)c1ccoc1O[Si](C(C)C)(C(C)C)C(C)C. The summed E-state index contributed by atoms with van der Waals surface area (Å²) in [4.78, 5) is 0. The number of allylic oxidation sites excluding steroid dienone is 1. The lowest BCUT2D eigenvalue weighted by Gasteiger charge is -2.58. The third kappa shape index (κ3) is 4.63. The lowest BCUT2D eigenvalue weighted by atomic mass is 9.47. The molecule has 2 saturated carbocycles. The van der Waals surface area contributed by atoms with Gasteiger partial charge in [0.15, 0.2) is 0 Å². The average molecular weight is 475 g/mol. The summed E-state index contributed by atoms with van der Waals surface area (Å²) >= 11 is 0. The molecule has 0 amide bonds. The van der Waals surface area contributed by atoms with Gasteiger partial charge in [-0.3, -0.25) is 0 Å². The molecule has 0 bridgehead atoms. The topological polar surface area (TPSA) is 42.6 Å². The fourth-order valence-electron chi connectivity index (χ4n) is 8.21. The number of aliphatic hydroxyl groups excluding tert-OH is 1. The normalized spacial score (nSPS) is 28.9. The van der Waals surface area contributed by atoms with Crippen molar-refractivity contribution in [2.75, 3.05) is 0 Å². The van der Waals surface area contributed by atoms with Gasteiger partial charge in [0.1, 0.15) is 0 Å². The average Bonchev–Trinajstić information content (AvgIpc) is 3.15. The lowest BCUT2D eigenvalue weighted by Crippen LogP contribution is -2.51. The van der Waals surface area contributed by atoms with E-state index in [4.69, 9.17) is 8.84 Å². The molecule has 33 heavy (non-hydrogen) atoms. The van der Waals surface area contributed by atoms with Gasteiger partial charge in [-0.25, -0.2) is 0 Å². The van der Waals surface area contributed by atoms with Gasteiger partial charge < -0.3 is 13.9 Å². The van der Waals surface area contributed by atoms with Crippen LogP contribution in [0.5, 0.6) is 5.95 Å². The molecule has 1 aromatic rings. The van der Waals surface area contributed by atoms with E-state index in [2.05, 4.69) is 68.9 Å². The summed E-state index contributed by atoms with van der Waals surface area (Å²) in [6, 6.07) is 1.93. The minimum atomic E-state index is -2.16. The van der Waals surface area contributed by atoms with Crippen molar-refractivity contribution >= 4 is 8.32 Å². The summed E-state index contributed by atoms with van der Waals surface area (Å²) in [5.74, 6) is 1.57. The van der Waals surface area contributed by atoms with Crippen LogP contribution in [0.25, 0.3) is 0 Å². The second-order valence-electron chi connectivity index (χ2n) is 13.0. The highest BCUT2D eigenvalue weighted by Gasteiger charge is 2.53. The third-order valence-corrected chi connectivity index (χ3v) is 15.7. The molecule has 3 rings (SSSR count). The maximum absolute atomic E-state index is 11.5. The Balaban J connectivity index is 1.88. The Kier molecular flexibility index (Phi) is 7.71. The molecule has 4 heteroatoms. The molecule has 2 fully saturated rings. The summed E-state index contributed by atoms with van der Waals surface area (Å²) in [5, 5.41) is 11.5. The van der Waals surface area contributed by atoms with Crippen LogP contribution in [0.3, 0.4) is 0 Å². The molecule has 0 aromatic carbocycles. The van der Waals surface area contributed by atoms with Gasteiger partial charge in [0, 0.05) is 0 Å². The fraction of sp³-hybridized carbons (Fsp3) is 0.793. The molecule has 1 heterocycles. The van der Waals surface area contributed by atoms with Gasteiger partial charge in [0.2, 0.25) is 0 Å². The van der Waals surface area contributed by atoms with Crippen molar-refractivity contribution in [3.8, 4) is 5.95 Å². The Labute approximate surface area is 204 Å². The zero-order valence-corrected chi connectivity index (χ0v) is 23.8. The predicted molar refractivity (Wildman–Crippen MR) is 141 cm³/mol. The molecule has 4 atom stereocenters. The largest absolute Gasteiger partial charge is 0.518 e. The Morgan fingerprint density at radius 1 is 1.09 bits per heavy atom. The Hall–Kier alpha value is -1.00. The minimum absolute atomic E-state index is 0.203. The Morgan fingerprint density at radius 3 is 2.27 bits per heavy atom. The molecule has 0 spiro atoms. The van der Waals surface area contributed by atoms with E-state index in [0.717, 1.165) is 12.0 Å². The number of aliphatic hydroxyl groups is 1. The molecule has 2 aliphatic carbocycles. The molecule has 0 unspecified atom stereocenters. The van der Waals surface area contributed by atoms with Crippen LogP contribution >= 0.6 is 0 Å². The maximum Gasteiger partial charge on any atom is 0.276 e. The first-order valence-electron chi connectivity index (χ1n) is 13.4. The summed E-state index contributed by atoms with van der Waals surface area (Å²) in [7, 11) is -2.16. The summed E-state index contributed by atoms with van der Waals surface area (Å²) in [6.07, 6.45) is 7.93. The predicted octanol–water partition coefficient (Wildman–Crippen LogP) is 9.06. The van der Waals surface area contributed by atoms with Gasteiger partial charge in [-0.2, -0.15) is 0 Å². The van der Waals surface area contributed by atoms with E-state index in [-0.39, 0.29) is 5.41 Å². The van der Waals surface area contributed by atoms with Crippen LogP contribution in [0.2, 0.25) is 16.6 Å². The van der Waals surface area contributed by atoms with E-state index in [0.29, 0.717) is 46.2 Å². The second kappa shape index (κ2) is 9.57. The van der Waals surface area contributed by atoms with Gasteiger partial charge in [0.05, 0.1) is 17.9 Å². The van der Waals surface area contributed by atoms with Gasteiger partial charge in [-0.1, -0.05) is 80.9 Å². The van der Waals surface area contributed by atoms with E-state index < -0.39 is 14.4 Å². The van der Waals surface area contributed by atoms with Crippen molar-refractivity contribution in [3.05, 3.63) is 30.0 Å². The first-order chi connectivity index (χ1) is 15.3. The molecule has 0 radical (unpaired) electrons. The molecular formula is C29H50O3Si. The molecule has 2 aliphatic rings. The fourth-order valence-corrected chi connectivity index (χ4v) is 13.4. The van der Waals surface area contributed by atoms with Crippen molar-refractivity contribution < 1.29 is 13.9 Å². The molecule has 0 aliphatic heterocycles. The molecule has 1 aromatic heterocycles. The number of fused-ring (bicyclic) bond motifs is 1. The zero-order chi connectivity index (χ0) is 24.8. The van der Waals surface area contributed by atoms with Crippen molar-refractivity contribution in [1.29, 1.82) is 0 Å². The Bertz CT molecular complexity index is 799. The van der Waals surface area contributed by atoms with E-state index in [9.17, 15) is 5.11 Å². The monoisotopic (exact) mass is 474 g/mol. The second-order valence-corrected chi connectivity index (χ2v) is 18.4. The van der Waals surface area contributed by atoms with E-state index >= 15 is 0 Å². The third-order valence-electron chi connectivity index (χ3n) is 9.77. The van der Waals surface area contributed by atoms with Gasteiger partial charge in [0.25, 0.3) is 14.3 Å². The van der Waals surface area contributed by atoms with Crippen LogP contribution in [-0.4, -0.2) is 13.4 Å². The molecule has 1 N–H and O–H groups in total. The van der Waals surface area contributed by atoms with Crippen LogP contribution < -0.4 is 4.43 Å². The number of rotatable bonds is 8. The number of hydrogen-bond acceptors (Lipinski definition) is 3. The van der Waals surface area contributed by atoms with Gasteiger partial charge in [-0.05, 0) is 77.5 Å². The van der Waals surface area contributed by atoms with E-state index in [1.807, 2.05) is 6.07 Å². The van der Waals surface area contributed by atoms with E-state index in [1.54, 1.807) is 6.26 Å². The summed E-state index contributed by atoms with van der Waals surface area (Å²) in [6.45, 7) is 25.6. The maximum atomic E-state index is 11.5. The van der Waals surface area contributed by atoms with Crippen LogP contribution in [0, 0.1) is 22.7 Å². The highest BCUT2D eigenvalue weighted by atomic mass is 28.4. The van der Waals surface area contributed by atoms with Crippen molar-refractivity contribution in [2.24, 2.45) is 22.7 Å². The highest BCUT2D eigenvalue weighted by Crippen LogP contribution is 2.62. The van der Waals surface area contributed by atoms with Crippen LogP contribution in [0.15, 0.2) is 28.9 Å². The van der Waals surface area contributed by atoms with Crippen LogP contribution in [0.1, 0.15) is 113 Å². The van der Waals surface area contributed by atoms with Gasteiger partial charge in [-0.15, -0.1) is 0 Å². The van der Waals surface area contributed by atoms with E-state index in [1.165, 1.54) is 31.3 Å². The standard InChI is InChI=1S/C29H50O3Si/c1-19(2)33(20(3)4,21(5)6)32-27-23(14-17-31-27)25(30)18-24-22(7)12-13-26-28(8,9)15-11-16-29(24,26)10/h14,17,19-21,24-26,30H,7,11-13,15-16,18H2,1-6,8-10H3/t24-,25-,26-,29+/m0/s1. The Morgan fingerprint density at radius 2 is 1.70 bits per heavy atom. The smallest absolute Gasteiger partial charge is 0.276 e. The number of hydrogen-bond donors (Lipinski definition) is 1. The summed E-state index contributed by atoms with van der Waals surface area (Å²) < 4.78 is 12.8. The quantitative estimate of drug-likeness (QED) is 0.302. The van der Waals surface area contributed by atoms with Crippen molar-refractivity contribution in [2.45, 2.75) is 124 Å². The highest BCUT2D eigenvalue weighted by molar-refractivity contribution is 6.78. The first kappa shape index (κ1) is 26.6. The minimum Gasteiger partial charge on any atom is -0.518 e. The molecule has 0 saturated heterocycles. The lowest BCUT2D eigenvalue weighted by molar-refractivity contribution is -0.0639. The van der Waals surface area contributed by atoms with Crippen molar-refractivity contribution in [1.82, 2.24) is 0 Å². The zero-order valence-electron chi connectivity index (χ0n) is 22.8. The number of furan rings is 1. The van der Waals surface area contributed by atoms with Crippen molar-refractivity contribution in [3.63, 3.8) is 0 Å². The molecule has 188 valence electrons. The molecular weight excluding hydrogens is 424 g/mol. The first-order valence-corrected chi connectivity index (χ1v) is 15.5. The molecule has 3 nitrogen and oxygen atoms in total. The van der Waals surface area contributed by atoms with Gasteiger partial charge >= 0.3 is 0 Å². The summed E-state index contributed by atoms with van der Waals surface area (Å²) in [5.41, 5.74) is 4.07.